The van der Waals surface area contributed by atoms with Crippen LogP contribution in [0.2, 0.25) is 0 Å². The molecule has 2 N–H and O–H groups in total. The second-order valence-corrected chi connectivity index (χ2v) is 6.83. The average Bonchev–Trinajstić information content (AvgIpc) is 3.04. The van der Waals surface area contributed by atoms with Gasteiger partial charge >= 0.3 is 6.03 Å². The molecule has 0 aliphatic carbocycles. The van der Waals surface area contributed by atoms with Gasteiger partial charge in [0.2, 0.25) is 0 Å². The lowest BCUT2D eigenvalue weighted by molar-refractivity contribution is -0.127. The molecule has 2 aromatic rings. The lowest BCUT2D eigenvalue weighted by Gasteiger charge is -2.30. The van der Waals surface area contributed by atoms with Gasteiger partial charge in [-0.1, -0.05) is 30.3 Å². The summed E-state index contributed by atoms with van der Waals surface area (Å²) in [5.41, 5.74) is 2.38. The number of aromatic nitrogens is 2. The summed E-state index contributed by atoms with van der Waals surface area (Å²) >= 11 is 0. The second-order valence-electron chi connectivity index (χ2n) is 6.83. The first kappa shape index (κ1) is 18.7. The topological polar surface area (TPSA) is 79.3 Å². The van der Waals surface area contributed by atoms with Crippen molar-refractivity contribution < 1.29 is 9.59 Å². The minimum absolute atomic E-state index is 0.110. The molecule has 1 atom stereocenters. The molecule has 3 amide bonds. The summed E-state index contributed by atoms with van der Waals surface area (Å²) in [5.74, 6) is 0.693. The van der Waals surface area contributed by atoms with Crippen LogP contribution in [-0.4, -0.2) is 39.5 Å². The third kappa shape index (κ3) is 4.36. The summed E-state index contributed by atoms with van der Waals surface area (Å²) in [5, 5.41) is 5.62. The first-order valence-electron chi connectivity index (χ1n) is 8.99. The van der Waals surface area contributed by atoms with Crippen LogP contribution in [0.1, 0.15) is 24.7 Å². The van der Waals surface area contributed by atoms with Crippen LogP contribution in [0.5, 0.6) is 0 Å². The third-order valence-corrected chi connectivity index (χ3v) is 4.80. The standard InChI is InChI=1S/C20H25N5O2/c1-14-18(19(26)25(3)13-17-21-11-12-24(17)2)16(23-20(27)22-14)10-9-15-7-5-4-6-8-15/h4-8,11-12,16H,9-10,13H2,1-3H3,(H2,22,23,27). The number of hydrogen-bond donors (Lipinski definition) is 2. The van der Waals surface area contributed by atoms with E-state index in [-0.39, 0.29) is 18.0 Å². The normalized spacial score (nSPS) is 16.7. The van der Waals surface area contributed by atoms with Crippen molar-refractivity contribution in [3.8, 4) is 0 Å². The van der Waals surface area contributed by atoms with Gasteiger partial charge in [-0.25, -0.2) is 9.78 Å². The first-order valence-corrected chi connectivity index (χ1v) is 8.99. The van der Waals surface area contributed by atoms with Crippen LogP contribution < -0.4 is 10.6 Å². The Hall–Kier alpha value is -3.09. The number of allylic oxidation sites excluding steroid dienone is 1. The van der Waals surface area contributed by atoms with E-state index in [9.17, 15) is 9.59 Å². The summed E-state index contributed by atoms with van der Waals surface area (Å²) in [6.45, 7) is 2.18. The van der Waals surface area contributed by atoms with Crippen LogP contribution >= 0.6 is 0 Å². The van der Waals surface area contributed by atoms with E-state index in [4.69, 9.17) is 0 Å². The number of imidazole rings is 1. The quantitative estimate of drug-likeness (QED) is 0.819. The molecule has 1 unspecified atom stereocenters. The van der Waals surface area contributed by atoms with Gasteiger partial charge < -0.3 is 20.1 Å². The number of amides is 3. The fourth-order valence-corrected chi connectivity index (χ4v) is 3.29. The molecule has 7 heteroatoms. The van der Waals surface area contributed by atoms with Crippen molar-refractivity contribution in [2.75, 3.05) is 7.05 Å². The van der Waals surface area contributed by atoms with Crippen molar-refractivity contribution in [1.82, 2.24) is 25.1 Å². The van der Waals surface area contributed by atoms with Gasteiger partial charge in [0.05, 0.1) is 18.2 Å². The molecule has 1 aliphatic heterocycles. The zero-order valence-electron chi connectivity index (χ0n) is 15.9. The summed E-state index contributed by atoms with van der Waals surface area (Å²) in [6.07, 6.45) is 5.00. The lowest BCUT2D eigenvalue weighted by atomic mass is 9.95. The van der Waals surface area contributed by atoms with E-state index in [1.165, 1.54) is 5.56 Å². The predicted molar refractivity (Wildman–Crippen MR) is 103 cm³/mol. The number of benzene rings is 1. The average molecular weight is 367 g/mol. The maximum absolute atomic E-state index is 13.1. The Morgan fingerprint density at radius 1 is 1.30 bits per heavy atom. The van der Waals surface area contributed by atoms with Crippen molar-refractivity contribution in [3.05, 3.63) is 65.4 Å². The Balaban J connectivity index is 1.76. The van der Waals surface area contributed by atoms with Crippen LogP contribution in [0, 0.1) is 0 Å². The molecule has 3 rings (SSSR count). The highest BCUT2D eigenvalue weighted by molar-refractivity contribution is 5.98. The second kappa shape index (κ2) is 8.07. The predicted octanol–water partition coefficient (Wildman–Crippen LogP) is 1.97. The summed E-state index contributed by atoms with van der Waals surface area (Å²) < 4.78 is 1.89. The van der Waals surface area contributed by atoms with Gasteiger partial charge in [0.25, 0.3) is 5.91 Å². The highest BCUT2D eigenvalue weighted by Gasteiger charge is 2.31. The number of carbonyl (C=O) groups excluding carboxylic acids is 2. The van der Waals surface area contributed by atoms with E-state index in [0.717, 1.165) is 12.2 Å². The number of rotatable bonds is 6. The van der Waals surface area contributed by atoms with Gasteiger partial charge in [-0.15, -0.1) is 0 Å². The van der Waals surface area contributed by atoms with Crippen LogP contribution in [-0.2, 0) is 24.8 Å². The molecular weight excluding hydrogens is 342 g/mol. The van der Waals surface area contributed by atoms with E-state index in [0.29, 0.717) is 24.2 Å². The zero-order chi connectivity index (χ0) is 19.4. The number of hydrogen-bond acceptors (Lipinski definition) is 3. The maximum Gasteiger partial charge on any atom is 0.319 e. The van der Waals surface area contributed by atoms with Crippen LogP contribution in [0.3, 0.4) is 0 Å². The molecule has 0 radical (unpaired) electrons. The minimum Gasteiger partial charge on any atom is -0.337 e. The molecule has 2 heterocycles. The van der Waals surface area contributed by atoms with E-state index in [1.54, 1.807) is 25.1 Å². The van der Waals surface area contributed by atoms with Crippen molar-refractivity contribution in [2.24, 2.45) is 7.05 Å². The SMILES string of the molecule is CC1=C(C(=O)N(C)Cc2nccn2C)C(CCc2ccccc2)NC(=O)N1. The lowest BCUT2D eigenvalue weighted by Crippen LogP contribution is -2.51. The molecule has 0 fully saturated rings. The third-order valence-electron chi connectivity index (χ3n) is 4.80. The van der Waals surface area contributed by atoms with E-state index < -0.39 is 0 Å². The molecule has 1 aliphatic rings. The Kier molecular flexibility index (Phi) is 5.59. The van der Waals surface area contributed by atoms with Crippen molar-refractivity contribution in [1.29, 1.82) is 0 Å². The molecule has 0 saturated carbocycles. The molecule has 7 nitrogen and oxygen atoms in total. The van der Waals surface area contributed by atoms with Gasteiger partial charge in [0.1, 0.15) is 5.82 Å². The van der Waals surface area contributed by atoms with Gasteiger partial charge in [0, 0.05) is 32.2 Å². The number of likely N-dealkylation sites (N-methyl/N-ethyl adjacent to an activating group) is 1. The summed E-state index contributed by atoms with van der Waals surface area (Å²) in [6, 6.07) is 9.46. The molecule has 0 bridgehead atoms. The number of carbonyl (C=O) groups is 2. The Morgan fingerprint density at radius 3 is 2.70 bits per heavy atom. The Labute approximate surface area is 159 Å². The molecular formula is C20H25N5O2. The van der Waals surface area contributed by atoms with Gasteiger partial charge in [-0.05, 0) is 25.3 Å². The van der Waals surface area contributed by atoms with Crippen molar-refractivity contribution in [2.45, 2.75) is 32.4 Å². The maximum atomic E-state index is 13.1. The fourth-order valence-electron chi connectivity index (χ4n) is 3.29. The number of nitrogens with zero attached hydrogens (tertiary/aromatic N) is 3. The fraction of sp³-hybridized carbons (Fsp3) is 0.350. The van der Waals surface area contributed by atoms with E-state index >= 15 is 0 Å². The molecule has 1 aromatic carbocycles. The highest BCUT2D eigenvalue weighted by Crippen LogP contribution is 2.20. The van der Waals surface area contributed by atoms with Crippen LogP contribution in [0.25, 0.3) is 0 Å². The highest BCUT2D eigenvalue weighted by atomic mass is 16.2. The van der Waals surface area contributed by atoms with Crippen molar-refractivity contribution >= 4 is 11.9 Å². The monoisotopic (exact) mass is 367 g/mol. The summed E-state index contributed by atoms with van der Waals surface area (Å²) in [4.78, 5) is 31.0. The number of nitrogens with one attached hydrogen (secondary N) is 2. The van der Waals surface area contributed by atoms with Gasteiger partial charge in [-0.2, -0.15) is 0 Å². The largest absolute Gasteiger partial charge is 0.337 e. The smallest absolute Gasteiger partial charge is 0.319 e. The molecule has 27 heavy (non-hydrogen) atoms. The number of aryl methyl sites for hydroxylation is 2. The Bertz CT molecular complexity index is 856. The number of urea groups is 1. The van der Waals surface area contributed by atoms with E-state index in [2.05, 4.69) is 15.6 Å². The summed E-state index contributed by atoms with van der Waals surface area (Å²) in [7, 11) is 3.65. The molecule has 1 aromatic heterocycles. The van der Waals surface area contributed by atoms with Crippen LogP contribution in [0.4, 0.5) is 4.79 Å². The molecule has 142 valence electrons. The minimum atomic E-state index is -0.324. The zero-order valence-corrected chi connectivity index (χ0v) is 15.9. The van der Waals surface area contributed by atoms with Crippen LogP contribution in [0.15, 0.2) is 54.0 Å². The van der Waals surface area contributed by atoms with Crippen molar-refractivity contribution in [3.63, 3.8) is 0 Å². The molecule has 0 saturated heterocycles. The van der Waals surface area contributed by atoms with Gasteiger partial charge in [-0.3, -0.25) is 4.79 Å². The van der Waals surface area contributed by atoms with E-state index in [1.807, 2.05) is 48.1 Å². The Morgan fingerprint density at radius 2 is 2.04 bits per heavy atom. The first-order chi connectivity index (χ1) is 13.0. The van der Waals surface area contributed by atoms with Gasteiger partial charge in [0.15, 0.2) is 0 Å². The molecule has 0 spiro atoms.